The van der Waals surface area contributed by atoms with Gasteiger partial charge in [-0.15, -0.1) is 0 Å². The summed E-state index contributed by atoms with van der Waals surface area (Å²) in [6, 6.07) is 0. The van der Waals surface area contributed by atoms with Crippen molar-refractivity contribution in [3.05, 3.63) is 0 Å². The third-order valence-electron chi connectivity index (χ3n) is 17.1. The van der Waals surface area contributed by atoms with Crippen LogP contribution in [0.2, 0.25) is 174 Å². The molecule has 0 bridgehead atoms. The van der Waals surface area contributed by atoms with Crippen molar-refractivity contribution in [2.24, 2.45) is 9.98 Å². The summed E-state index contributed by atoms with van der Waals surface area (Å²) in [7, 11) is -21.7. The summed E-state index contributed by atoms with van der Waals surface area (Å²) in [5.74, 6) is 0. The molecule has 0 aromatic rings. The molecule has 0 saturated carbocycles. The van der Waals surface area contributed by atoms with E-state index < -0.39 is 93.7 Å². The lowest BCUT2D eigenvalue weighted by molar-refractivity contribution is 0.587. The quantitative estimate of drug-likeness (QED) is 0.171. The van der Waals surface area contributed by atoms with Crippen LogP contribution in [-0.4, -0.2) is 116 Å². The highest BCUT2D eigenvalue weighted by molar-refractivity contribution is 8.10. The van der Waals surface area contributed by atoms with Crippen LogP contribution in [0.25, 0.3) is 0 Å². The van der Waals surface area contributed by atoms with Crippen LogP contribution in [0, 0.1) is 0 Å². The number of nitrogens with zero attached hydrogens (tertiary/aromatic N) is 2. The van der Waals surface area contributed by atoms with E-state index >= 15 is 0 Å². The Morgan fingerprint density at radius 2 is 0.482 bits per heavy atom. The summed E-state index contributed by atoms with van der Waals surface area (Å²) in [4.78, 5) is 12.0. The molecule has 0 amide bonds. The molecule has 0 aromatic heterocycles. The lowest BCUT2D eigenvalue weighted by Gasteiger charge is -2.82. The molecule has 3 heterocycles. The molecule has 3 rings (SSSR count). The monoisotopic (exact) mass is 966 g/mol. The van der Waals surface area contributed by atoms with E-state index in [9.17, 15) is 0 Å². The topological polar surface area (TPSA) is 24.7 Å². The van der Waals surface area contributed by atoms with Gasteiger partial charge in [-0.2, -0.15) is 0 Å². The Morgan fingerprint density at radius 3 is 0.589 bits per heavy atom. The molecule has 3 aliphatic heterocycles. The maximum atomic E-state index is 6.02. The summed E-state index contributed by atoms with van der Waals surface area (Å²) in [5, 5.41) is 0. The minimum atomic E-state index is -2.38. The van der Waals surface area contributed by atoms with Gasteiger partial charge in [-0.05, 0) is 58.7 Å². The Hall–Kier alpha value is 1.76. The zero-order valence-electron chi connectivity index (χ0n) is 43.7. The van der Waals surface area contributed by atoms with Gasteiger partial charge < -0.3 is 0 Å². The maximum Gasteiger partial charge on any atom is 0.0933 e. The molecule has 0 aromatic carbocycles. The summed E-state index contributed by atoms with van der Waals surface area (Å²) in [5.41, 5.74) is 9.64. The molecule has 0 atom stereocenters. The van der Waals surface area contributed by atoms with Gasteiger partial charge >= 0.3 is 0 Å². The molecule has 3 saturated heterocycles. The molecular formula is C42H98N2Si12. The SMILES string of the molecule is CC(C)(C)N=C=[Si]1[Si]2([Si](=C=NC(C)(C)C)[Si]13C([Si](C)(C)C)([Si](C)(C)C)CCC3([Si](C)(C)C)[Si](C)(C)C)C([Si](C)(C)C)([Si](C)(C)C)CCC2([Si](C)(C)C)[Si](C)(C)C. The van der Waals surface area contributed by atoms with E-state index in [0.29, 0.717) is 17.1 Å². The van der Waals surface area contributed by atoms with Crippen molar-refractivity contribution in [1.29, 1.82) is 0 Å². The van der Waals surface area contributed by atoms with Gasteiger partial charge in [0.25, 0.3) is 0 Å². The third kappa shape index (κ3) is 6.55. The smallest absolute Gasteiger partial charge is 0.0933 e. The second-order valence-corrected chi connectivity index (χ2v) is 108. The van der Waals surface area contributed by atoms with Gasteiger partial charge in [-0.1, -0.05) is 194 Å². The highest BCUT2D eigenvalue weighted by Gasteiger charge is 2.98. The van der Waals surface area contributed by atoms with E-state index in [1.54, 1.807) is 25.7 Å². The molecule has 3 aliphatic rings. The Balaban J connectivity index is 3.35. The highest BCUT2D eigenvalue weighted by Crippen LogP contribution is 2.86. The van der Waals surface area contributed by atoms with Crippen LogP contribution in [0.1, 0.15) is 67.2 Å². The Kier molecular flexibility index (Phi) is 13.1. The van der Waals surface area contributed by atoms with Crippen LogP contribution < -0.4 is 0 Å². The molecule has 0 radical (unpaired) electrons. The van der Waals surface area contributed by atoms with E-state index in [2.05, 4.69) is 199 Å². The summed E-state index contributed by atoms with van der Waals surface area (Å²) >= 11 is 0. The molecule has 14 heteroatoms. The van der Waals surface area contributed by atoms with Crippen LogP contribution >= 0.6 is 0 Å². The molecule has 2 spiro atoms. The first-order chi connectivity index (χ1) is 24.1. The molecule has 56 heavy (non-hydrogen) atoms. The van der Waals surface area contributed by atoms with E-state index in [1.165, 1.54) is 0 Å². The van der Waals surface area contributed by atoms with E-state index in [4.69, 9.17) is 20.9 Å². The first-order valence-electron chi connectivity index (χ1n) is 22.8. The second-order valence-electron chi connectivity index (χ2n) is 29.7. The van der Waals surface area contributed by atoms with Gasteiger partial charge in [-0.25, -0.2) is 9.98 Å². The number of hydrogen-bond acceptors (Lipinski definition) is 2. The van der Waals surface area contributed by atoms with Gasteiger partial charge in [0.1, 0.15) is 0 Å². The number of aliphatic imine (C=N–C) groups is 2. The lowest BCUT2D eigenvalue weighted by Crippen LogP contribution is -3.05. The van der Waals surface area contributed by atoms with E-state index in [1.807, 2.05) is 0 Å². The van der Waals surface area contributed by atoms with Crippen LogP contribution in [0.4, 0.5) is 0 Å². The van der Waals surface area contributed by atoms with Crippen LogP contribution in [0.5, 0.6) is 0 Å². The normalized spacial score (nSPS) is 23.9. The molecule has 0 unspecified atom stereocenters. The summed E-state index contributed by atoms with van der Waals surface area (Å²) in [6.07, 6.45) is 6.17. The standard InChI is InChI=1S/C42H98N2Si12/c1-37(2,3)43-35-45-55(39(47(7,8)9,48(10,11)12)31-32-40(55,49(13,14)15)50(16,17)18)46(36-44-38(4,5)6)56(45)41(51(19,20)21,52(22,23)24)33-34-42(56,53(25,26)27)54(28,29)30/h31-34H2,1-30H3. The molecule has 3 fully saturated rings. The lowest BCUT2D eigenvalue weighted by atomic mass is 10.1. The van der Waals surface area contributed by atoms with Crippen molar-refractivity contribution in [3.63, 3.8) is 0 Å². The maximum absolute atomic E-state index is 6.02. The van der Waals surface area contributed by atoms with Crippen LogP contribution in [-0.2, 0) is 0 Å². The average Bonchev–Trinajstić information content (AvgIpc) is 3.41. The fourth-order valence-corrected chi connectivity index (χ4v) is 279. The minimum Gasteiger partial charge on any atom is -0.246 e. The van der Waals surface area contributed by atoms with Crippen molar-refractivity contribution >= 4 is 105 Å². The average molecular weight is 968 g/mol. The van der Waals surface area contributed by atoms with Crippen LogP contribution in [0.15, 0.2) is 9.98 Å². The van der Waals surface area contributed by atoms with Crippen LogP contribution in [0.3, 0.4) is 0 Å². The molecule has 324 valence electrons. The summed E-state index contributed by atoms with van der Waals surface area (Å²) in [6.45, 7) is 84.9. The highest BCUT2D eigenvalue weighted by atomic mass is 30.2. The van der Waals surface area contributed by atoms with Crippen molar-refractivity contribution in [2.75, 3.05) is 0 Å². The first-order valence-corrected chi connectivity index (χ1v) is 61.8. The van der Waals surface area contributed by atoms with Crippen molar-refractivity contribution in [2.45, 2.75) is 253 Å². The number of rotatable bonds is 8. The van der Waals surface area contributed by atoms with Crippen molar-refractivity contribution < 1.29 is 0 Å². The van der Waals surface area contributed by atoms with Gasteiger partial charge in [0.05, 0.1) is 40.2 Å². The second kappa shape index (κ2) is 14.1. The van der Waals surface area contributed by atoms with Gasteiger partial charge in [0, 0.05) is 64.6 Å². The Morgan fingerprint density at radius 1 is 0.339 bits per heavy atom. The zero-order valence-corrected chi connectivity index (χ0v) is 55.7. The van der Waals surface area contributed by atoms with Crippen molar-refractivity contribution in [3.8, 4) is 0 Å². The van der Waals surface area contributed by atoms with Gasteiger partial charge in [0.15, 0.2) is 0 Å². The van der Waals surface area contributed by atoms with Gasteiger partial charge in [0.2, 0.25) is 0 Å². The van der Waals surface area contributed by atoms with Gasteiger partial charge in [-0.3, -0.25) is 0 Å². The minimum absolute atomic E-state index is 0.101. The molecular weight excluding hydrogens is 870 g/mol. The van der Waals surface area contributed by atoms with E-state index in [0.717, 1.165) is 0 Å². The predicted octanol–water partition coefficient (Wildman–Crippen LogP) is 14.3. The fraction of sp³-hybridized carbons (Fsp3) is 0.952. The predicted molar refractivity (Wildman–Crippen MR) is 293 cm³/mol. The molecule has 2 nitrogen and oxygen atoms in total. The summed E-state index contributed by atoms with van der Waals surface area (Å²) < 4.78 is 2.19. The van der Waals surface area contributed by atoms with E-state index in [-0.39, 0.29) is 11.1 Å². The number of hydrogen-bond donors (Lipinski definition) is 0. The molecule has 0 N–H and O–H groups in total. The molecule has 0 aliphatic carbocycles. The Labute approximate surface area is 364 Å². The first kappa shape index (κ1) is 52.1. The third-order valence-corrected chi connectivity index (χ3v) is 158. The Bertz CT molecular complexity index is 1400. The fourth-order valence-electron chi connectivity index (χ4n) is 17.5. The largest absolute Gasteiger partial charge is 0.246 e. The zero-order chi connectivity index (χ0) is 44.8. The van der Waals surface area contributed by atoms with Crippen molar-refractivity contribution in [1.82, 2.24) is 0 Å².